The average Bonchev–Trinajstić information content (AvgIpc) is 3.59. The number of rotatable bonds is 14. The third kappa shape index (κ3) is 6.87. The van der Waals surface area contributed by atoms with Gasteiger partial charge in [0, 0.05) is 83.6 Å². The van der Waals surface area contributed by atoms with Gasteiger partial charge in [-0.1, -0.05) is 20.8 Å². The third-order valence-electron chi connectivity index (χ3n) is 9.52. The van der Waals surface area contributed by atoms with Gasteiger partial charge < -0.3 is 25.5 Å². The molecule has 0 bridgehead atoms. The number of nitrogens with one attached hydrogen (secondary N) is 3. The summed E-state index contributed by atoms with van der Waals surface area (Å²) in [5.74, 6) is -2.07. The van der Waals surface area contributed by atoms with Gasteiger partial charge >= 0.3 is 11.9 Å². The molecule has 4 atom stereocenters. The van der Waals surface area contributed by atoms with Crippen LogP contribution in [0.15, 0.2) is 16.1 Å². The van der Waals surface area contributed by atoms with Gasteiger partial charge in [-0.2, -0.15) is 12.6 Å². The molecule has 5 N–H and O–H groups in total. The summed E-state index contributed by atoms with van der Waals surface area (Å²) in [5.41, 5.74) is 9.62. The molecule has 10 nitrogen and oxygen atoms in total. The first-order chi connectivity index (χ1) is 20.7. The molecule has 0 aromatic carbocycles. The minimum absolute atomic E-state index is 0.0126. The first-order valence-electron chi connectivity index (χ1n) is 15.4. The van der Waals surface area contributed by atoms with E-state index in [9.17, 15) is 29.4 Å². The highest BCUT2D eigenvalue weighted by molar-refractivity contribution is 7.80. The van der Waals surface area contributed by atoms with Crippen molar-refractivity contribution in [3.63, 3.8) is 0 Å². The zero-order chi connectivity index (χ0) is 32.5. The normalized spacial score (nSPS) is 20.8. The molecule has 0 radical (unpaired) electrons. The molecule has 2 aromatic heterocycles. The van der Waals surface area contributed by atoms with Crippen LogP contribution in [0.2, 0.25) is 0 Å². The number of hydrogen-bond acceptors (Lipinski definition) is 5. The first kappa shape index (κ1) is 33.3. The van der Waals surface area contributed by atoms with Crippen LogP contribution in [0.25, 0.3) is 0 Å². The Bertz CT molecular complexity index is 1550. The lowest BCUT2D eigenvalue weighted by molar-refractivity contribution is -0.138. The van der Waals surface area contributed by atoms with Gasteiger partial charge in [0.1, 0.15) is 0 Å². The van der Waals surface area contributed by atoms with E-state index < -0.39 is 11.9 Å². The summed E-state index contributed by atoms with van der Waals surface area (Å²) < 4.78 is 0. The molecule has 0 saturated carbocycles. The third-order valence-corrected chi connectivity index (χ3v) is 9.86. The second-order valence-electron chi connectivity index (χ2n) is 12.3. The number of hydrogen-bond donors (Lipinski definition) is 6. The number of aromatic amines is 2. The van der Waals surface area contributed by atoms with Crippen molar-refractivity contribution < 1.29 is 29.4 Å². The smallest absolute Gasteiger partial charge is 0.303 e. The van der Waals surface area contributed by atoms with Crippen molar-refractivity contribution >= 4 is 42.1 Å². The number of thiol groups is 1. The molecule has 4 rings (SSSR count). The predicted octanol–water partition coefficient (Wildman–Crippen LogP) is 4.45. The highest BCUT2D eigenvalue weighted by atomic mass is 32.1. The molecular formula is C33H44N4O6S. The van der Waals surface area contributed by atoms with Crippen LogP contribution in [0.5, 0.6) is 0 Å². The summed E-state index contributed by atoms with van der Waals surface area (Å²) >= 11 is 4.67. The number of carboxylic acids is 2. The van der Waals surface area contributed by atoms with E-state index in [0.717, 1.165) is 56.2 Å². The molecular weight excluding hydrogens is 580 g/mol. The summed E-state index contributed by atoms with van der Waals surface area (Å²) in [6.45, 7) is 11.7. The molecule has 2 amide bonds. The lowest BCUT2D eigenvalue weighted by atomic mass is 9.86. The van der Waals surface area contributed by atoms with Crippen molar-refractivity contribution in [1.82, 2.24) is 15.3 Å². The summed E-state index contributed by atoms with van der Waals surface area (Å²) in [5, 5.41) is 22.1. The molecule has 44 heavy (non-hydrogen) atoms. The van der Waals surface area contributed by atoms with E-state index in [0.29, 0.717) is 44.2 Å². The van der Waals surface area contributed by atoms with Crippen molar-refractivity contribution in [3.05, 3.63) is 56.2 Å². The van der Waals surface area contributed by atoms with Gasteiger partial charge in [0.25, 0.3) is 5.91 Å². The lowest BCUT2D eigenvalue weighted by Gasteiger charge is -2.24. The molecule has 4 heterocycles. The number of aliphatic carboxylic acids is 2. The van der Waals surface area contributed by atoms with Crippen molar-refractivity contribution in [2.75, 3.05) is 0 Å². The van der Waals surface area contributed by atoms with Crippen LogP contribution in [-0.4, -0.2) is 60.9 Å². The van der Waals surface area contributed by atoms with Gasteiger partial charge in [-0.3, -0.25) is 19.2 Å². The van der Waals surface area contributed by atoms with Crippen LogP contribution in [-0.2, 0) is 51.3 Å². The lowest BCUT2D eigenvalue weighted by Crippen LogP contribution is -2.34. The van der Waals surface area contributed by atoms with Gasteiger partial charge in [0.2, 0.25) is 5.91 Å². The van der Waals surface area contributed by atoms with Crippen LogP contribution in [0.4, 0.5) is 0 Å². The maximum atomic E-state index is 12.5. The summed E-state index contributed by atoms with van der Waals surface area (Å²) in [4.78, 5) is 59.5. The second kappa shape index (κ2) is 13.6. The number of amides is 2. The number of aliphatic imine (C=N–C) groups is 1. The molecule has 238 valence electrons. The van der Waals surface area contributed by atoms with Gasteiger partial charge in [0.15, 0.2) is 0 Å². The van der Waals surface area contributed by atoms with E-state index in [1.54, 1.807) is 0 Å². The Morgan fingerprint density at radius 3 is 1.95 bits per heavy atom. The number of carbonyl (C=O) groups is 4. The van der Waals surface area contributed by atoms with Gasteiger partial charge in [0.05, 0.1) is 5.71 Å². The largest absolute Gasteiger partial charge is 0.481 e. The highest BCUT2D eigenvalue weighted by Crippen LogP contribution is 2.34. The van der Waals surface area contributed by atoms with E-state index in [-0.39, 0.29) is 47.8 Å². The minimum atomic E-state index is -0.892. The van der Waals surface area contributed by atoms with Crippen molar-refractivity contribution in [2.45, 2.75) is 104 Å². The second-order valence-corrected chi connectivity index (χ2v) is 13.1. The molecule has 2 aliphatic rings. The first-order valence-corrected chi connectivity index (χ1v) is 15.9. The van der Waals surface area contributed by atoms with Crippen LogP contribution in [0.1, 0.15) is 92.0 Å². The Balaban J connectivity index is 1.71. The fourth-order valence-electron chi connectivity index (χ4n) is 6.98. The maximum Gasteiger partial charge on any atom is 0.303 e. The minimum Gasteiger partial charge on any atom is -0.481 e. The van der Waals surface area contributed by atoms with E-state index in [1.807, 2.05) is 41.5 Å². The van der Waals surface area contributed by atoms with Crippen LogP contribution >= 0.6 is 12.6 Å². The number of nitrogens with zero attached hydrogens (tertiary/aromatic N) is 1. The Morgan fingerprint density at radius 1 is 0.909 bits per heavy atom. The molecule has 0 spiro atoms. The number of carboxylic acid groups (broad SMARTS) is 2. The van der Waals surface area contributed by atoms with Crippen molar-refractivity contribution in [2.24, 2.45) is 16.8 Å². The van der Waals surface area contributed by atoms with Crippen LogP contribution < -0.4 is 5.32 Å². The van der Waals surface area contributed by atoms with E-state index in [4.69, 9.17) is 0 Å². The van der Waals surface area contributed by atoms with E-state index >= 15 is 0 Å². The monoisotopic (exact) mass is 624 g/mol. The van der Waals surface area contributed by atoms with Crippen molar-refractivity contribution in [1.29, 1.82) is 0 Å². The SMILES string of the molecule is CCC1=C(C)C(Cc2[nH]c(Cc3[nH]c(C[C@@H]4NC(=O)[C@H](C)[C@H]4[C@H](C)S)c(C)c3CCC(=O)O)c(CCC(=O)O)c2C)=NC1=O. The molecule has 2 aliphatic heterocycles. The molecule has 1 fully saturated rings. The van der Waals surface area contributed by atoms with Crippen LogP contribution in [0.3, 0.4) is 0 Å². The molecule has 2 aromatic rings. The number of aromatic nitrogens is 2. The Morgan fingerprint density at radius 2 is 1.45 bits per heavy atom. The van der Waals surface area contributed by atoms with E-state index in [2.05, 4.69) is 32.9 Å². The zero-order valence-corrected chi connectivity index (χ0v) is 27.3. The van der Waals surface area contributed by atoms with Crippen LogP contribution in [0, 0.1) is 25.7 Å². The number of H-pyrrole nitrogens is 2. The quantitative estimate of drug-likeness (QED) is 0.170. The fraction of sp³-hybridized carbons (Fsp3) is 0.545. The number of allylic oxidation sites excluding steroid dienone is 1. The Hall–Kier alpha value is -3.60. The van der Waals surface area contributed by atoms with Gasteiger partial charge in [-0.15, -0.1) is 0 Å². The molecule has 1 saturated heterocycles. The zero-order valence-electron chi connectivity index (χ0n) is 26.4. The fourth-order valence-corrected chi connectivity index (χ4v) is 7.44. The standard InChI is InChI=1S/C33H44N4O6S/c1-7-20-15(2)25(36-33(20)43)12-23-16(3)21(8-10-29(38)39)26(34-23)14-27-22(9-11-30(40)41)17(4)24(35-27)13-28-31(19(6)44)18(5)32(42)37-28/h18-19,28,31,34-35,44H,7-14H2,1-6H3,(H,37,42)(H,38,39)(H,40,41)/t18-,19+,28+,31+/m1/s1. The highest BCUT2D eigenvalue weighted by Gasteiger charge is 2.41. The Kier molecular flexibility index (Phi) is 10.3. The van der Waals surface area contributed by atoms with Gasteiger partial charge in [-0.25, -0.2) is 4.99 Å². The Labute approximate surface area is 263 Å². The predicted molar refractivity (Wildman–Crippen MR) is 172 cm³/mol. The van der Waals surface area contributed by atoms with Crippen molar-refractivity contribution in [3.8, 4) is 0 Å². The van der Waals surface area contributed by atoms with Gasteiger partial charge in [-0.05, 0) is 67.9 Å². The topological polar surface area (TPSA) is 165 Å². The molecule has 0 unspecified atom stereocenters. The maximum absolute atomic E-state index is 12.5. The number of carbonyl (C=O) groups excluding carboxylic acids is 2. The summed E-state index contributed by atoms with van der Waals surface area (Å²) in [6.07, 6.45) is 2.64. The summed E-state index contributed by atoms with van der Waals surface area (Å²) in [6, 6.07) is -0.104. The van der Waals surface area contributed by atoms with E-state index in [1.165, 1.54) is 0 Å². The average molecular weight is 625 g/mol. The molecule has 11 heteroatoms. The summed E-state index contributed by atoms with van der Waals surface area (Å²) in [7, 11) is 0. The molecule has 0 aliphatic carbocycles.